The van der Waals surface area contributed by atoms with Crippen molar-refractivity contribution in [1.29, 1.82) is 0 Å². The molecule has 0 bridgehead atoms. The maximum atomic E-state index is 12.4. The number of nitrogens with one attached hydrogen (secondary N) is 1. The van der Waals surface area contributed by atoms with Crippen LogP contribution in [0.25, 0.3) is 0 Å². The summed E-state index contributed by atoms with van der Waals surface area (Å²) in [4.78, 5) is 29.8. The number of piperazine rings is 1. The number of aryl methyl sites for hydroxylation is 1. The molecule has 1 aromatic carbocycles. The van der Waals surface area contributed by atoms with Crippen LogP contribution in [-0.4, -0.2) is 65.6 Å². The summed E-state index contributed by atoms with van der Waals surface area (Å²) in [5.41, 5.74) is 1.23. The number of hydrogen-bond acceptors (Lipinski definition) is 4. The Balaban J connectivity index is 1.40. The van der Waals surface area contributed by atoms with E-state index in [9.17, 15) is 9.59 Å². The van der Waals surface area contributed by atoms with Gasteiger partial charge in [0.05, 0.1) is 11.8 Å². The molecule has 2 amide bonds. The van der Waals surface area contributed by atoms with Crippen LogP contribution < -0.4 is 5.32 Å². The minimum absolute atomic E-state index is 0.111. The number of benzene rings is 1. The van der Waals surface area contributed by atoms with E-state index >= 15 is 0 Å². The van der Waals surface area contributed by atoms with Crippen LogP contribution in [0.4, 0.5) is 0 Å². The highest BCUT2D eigenvalue weighted by atomic mass is 32.2. The first kappa shape index (κ1) is 18.3. The Labute approximate surface area is 154 Å². The highest BCUT2D eigenvalue weighted by molar-refractivity contribution is 8.00. The van der Waals surface area contributed by atoms with Gasteiger partial charge in [0.1, 0.15) is 0 Å². The van der Waals surface area contributed by atoms with Crippen LogP contribution >= 0.6 is 11.8 Å². The number of thioether (sulfide) groups is 1. The summed E-state index contributed by atoms with van der Waals surface area (Å²) in [6.45, 7) is 6.95. The Morgan fingerprint density at radius 1 is 1.16 bits per heavy atom. The first-order chi connectivity index (χ1) is 12.0. The van der Waals surface area contributed by atoms with Gasteiger partial charge in [0.15, 0.2) is 0 Å². The van der Waals surface area contributed by atoms with Gasteiger partial charge in [0, 0.05) is 37.1 Å². The summed E-state index contributed by atoms with van der Waals surface area (Å²) < 4.78 is 0. The molecule has 136 valence electrons. The summed E-state index contributed by atoms with van der Waals surface area (Å²) >= 11 is 1.59. The molecule has 1 saturated carbocycles. The second-order valence-electron chi connectivity index (χ2n) is 6.98. The van der Waals surface area contributed by atoms with Crippen LogP contribution in [0.2, 0.25) is 0 Å². The molecule has 1 atom stereocenters. The maximum Gasteiger partial charge on any atom is 0.237 e. The van der Waals surface area contributed by atoms with Crippen molar-refractivity contribution in [2.24, 2.45) is 0 Å². The Morgan fingerprint density at radius 3 is 2.40 bits per heavy atom. The van der Waals surface area contributed by atoms with E-state index in [1.807, 2.05) is 11.8 Å². The molecule has 3 rings (SSSR count). The zero-order valence-electron chi connectivity index (χ0n) is 15.0. The molecule has 1 aliphatic heterocycles. The summed E-state index contributed by atoms with van der Waals surface area (Å²) in [6.07, 6.45) is 2.22. The van der Waals surface area contributed by atoms with Gasteiger partial charge in [-0.25, -0.2) is 0 Å². The highest BCUT2D eigenvalue weighted by Crippen LogP contribution is 2.20. The molecule has 2 fully saturated rings. The molecule has 0 spiro atoms. The fourth-order valence-corrected chi connectivity index (χ4v) is 3.75. The number of carbonyl (C=O) groups excluding carboxylic acids is 2. The number of hydrogen-bond donors (Lipinski definition) is 1. The standard InChI is InChI=1S/C19H27N3O2S/c1-14-3-7-17(8-4-14)25-13-18(23)22-11-9-21(10-12-22)15(2)19(24)20-16-5-6-16/h3-4,7-8,15-16H,5-6,9-13H2,1-2H3,(H,20,24). The lowest BCUT2D eigenvalue weighted by Crippen LogP contribution is -2.55. The lowest BCUT2D eigenvalue weighted by molar-refractivity contribution is -0.131. The van der Waals surface area contributed by atoms with Crippen LogP contribution in [-0.2, 0) is 9.59 Å². The van der Waals surface area contributed by atoms with Gasteiger partial charge < -0.3 is 10.2 Å². The van der Waals surface area contributed by atoms with E-state index in [0.29, 0.717) is 24.9 Å². The van der Waals surface area contributed by atoms with E-state index in [1.165, 1.54) is 5.56 Å². The normalized spacial score (nSPS) is 19.5. The monoisotopic (exact) mass is 361 g/mol. The minimum Gasteiger partial charge on any atom is -0.352 e. The molecule has 6 heteroatoms. The molecular weight excluding hydrogens is 334 g/mol. The fourth-order valence-electron chi connectivity index (χ4n) is 2.94. The molecule has 1 unspecified atom stereocenters. The number of carbonyl (C=O) groups is 2. The lowest BCUT2D eigenvalue weighted by atomic mass is 10.2. The van der Waals surface area contributed by atoms with Crippen molar-refractivity contribution >= 4 is 23.6 Å². The molecular formula is C19H27N3O2S. The van der Waals surface area contributed by atoms with E-state index < -0.39 is 0 Å². The third-order valence-corrected chi connectivity index (χ3v) is 5.90. The van der Waals surface area contributed by atoms with Gasteiger partial charge >= 0.3 is 0 Å². The third-order valence-electron chi connectivity index (χ3n) is 4.90. The van der Waals surface area contributed by atoms with Crippen molar-refractivity contribution in [2.45, 2.75) is 43.7 Å². The van der Waals surface area contributed by atoms with Crippen LogP contribution in [0, 0.1) is 6.92 Å². The van der Waals surface area contributed by atoms with Gasteiger partial charge in [-0.1, -0.05) is 17.7 Å². The van der Waals surface area contributed by atoms with Gasteiger partial charge in [0.2, 0.25) is 11.8 Å². The molecule has 0 radical (unpaired) electrons. The second kappa shape index (κ2) is 8.23. The molecule has 25 heavy (non-hydrogen) atoms. The van der Waals surface area contributed by atoms with E-state index in [-0.39, 0.29) is 17.9 Å². The van der Waals surface area contributed by atoms with Gasteiger partial charge in [-0.3, -0.25) is 14.5 Å². The smallest absolute Gasteiger partial charge is 0.237 e. The number of amides is 2. The highest BCUT2D eigenvalue weighted by Gasteiger charge is 2.30. The van der Waals surface area contributed by atoms with E-state index in [1.54, 1.807) is 11.8 Å². The fraction of sp³-hybridized carbons (Fsp3) is 0.579. The van der Waals surface area contributed by atoms with Crippen molar-refractivity contribution in [2.75, 3.05) is 31.9 Å². The second-order valence-corrected chi connectivity index (χ2v) is 8.03. The van der Waals surface area contributed by atoms with Crippen molar-refractivity contribution in [3.63, 3.8) is 0 Å². The molecule has 5 nitrogen and oxygen atoms in total. The SMILES string of the molecule is Cc1ccc(SCC(=O)N2CCN(C(C)C(=O)NC3CC3)CC2)cc1. The van der Waals surface area contributed by atoms with Crippen molar-refractivity contribution in [3.8, 4) is 0 Å². The van der Waals surface area contributed by atoms with Crippen LogP contribution in [0.3, 0.4) is 0 Å². The lowest BCUT2D eigenvalue weighted by Gasteiger charge is -2.37. The summed E-state index contributed by atoms with van der Waals surface area (Å²) in [6, 6.07) is 8.55. The van der Waals surface area contributed by atoms with Crippen molar-refractivity contribution in [3.05, 3.63) is 29.8 Å². The van der Waals surface area contributed by atoms with Crippen LogP contribution in [0.5, 0.6) is 0 Å². The number of nitrogens with zero attached hydrogens (tertiary/aromatic N) is 2. The Hall–Kier alpha value is -1.53. The van der Waals surface area contributed by atoms with E-state index in [0.717, 1.165) is 30.8 Å². The molecule has 0 aromatic heterocycles. The summed E-state index contributed by atoms with van der Waals surface area (Å²) in [5.74, 6) is 0.776. The molecule has 1 N–H and O–H groups in total. The van der Waals surface area contributed by atoms with Crippen molar-refractivity contribution in [1.82, 2.24) is 15.1 Å². The van der Waals surface area contributed by atoms with Gasteiger partial charge in [-0.05, 0) is 38.8 Å². The maximum absolute atomic E-state index is 12.4. The topological polar surface area (TPSA) is 52.7 Å². The molecule has 1 aromatic rings. The first-order valence-corrected chi connectivity index (χ1v) is 10.0. The average Bonchev–Trinajstić information content (AvgIpc) is 3.44. The Kier molecular flexibility index (Phi) is 6.02. The van der Waals surface area contributed by atoms with E-state index in [2.05, 4.69) is 41.4 Å². The predicted octanol–water partition coefficient (Wildman–Crippen LogP) is 1.90. The third kappa shape index (κ3) is 5.22. The quantitative estimate of drug-likeness (QED) is 0.787. The van der Waals surface area contributed by atoms with Gasteiger partial charge in [-0.2, -0.15) is 0 Å². The van der Waals surface area contributed by atoms with E-state index in [4.69, 9.17) is 0 Å². The van der Waals surface area contributed by atoms with Crippen LogP contribution in [0.1, 0.15) is 25.3 Å². The van der Waals surface area contributed by atoms with Crippen LogP contribution in [0.15, 0.2) is 29.2 Å². The summed E-state index contributed by atoms with van der Waals surface area (Å²) in [7, 11) is 0. The van der Waals surface area contributed by atoms with Gasteiger partial charge in [-0.15, -0.1) is 11.8 Å². The minimum atomic E-state index is -0.111. The molecule has 1 aliphatic carbocycles. The molecule has 1 saturated heterocycles. The first-order valence-electron chi connectivity index (χ1n) is 9.04. The predicted molar refractivity (Wildman–Crippen MR) is 101 cm³/mol. The zero-order valence-corrected chi connectivity index (χ0v) is 15.8. The number of rotatable bonds is 6. The zero-order chi connectivity index (χ0) is 17.8. The largest absolute Gasteiger partial charge is 0.352 e. The average molecular weight is 362 g/mol. The van der Waals surface area contributed by atoms with Gasteiger partial charge in [0.25, 0.3) is 0 Å². The van der Waals surface area contributed by atoms with Crippen molar-refractivity contribution < 1.29 is 9.59 Å². The summed E-state index contributed by atoms with van der Waals surface area (Å²) in [5, 5.41) is 3.06. The molecule has 2 aliphatic rings. The molecule has 1 heterocycles. The Morgan fingerprint density at radius 2 is 1.80 bits per heavy atom. The Bertz CT molecular complexity index is 608.